The Bertz CT molecular complexity index is 1110. The van der Waals surface area contributed by atoms with Gasteiger partial charge in [-0.2, -0.15) is 0 Å². The standard InChI is InChI=1S/C22H21ClN6/c1-28-13-11-25-21(28)20-19(16-6-5-7-17(23)14-16)15-26-22(27-20)29(2)12-9-18-8-3-4-10-24-18/h3-8,10-11,13-15H,9,12H2,1-2H3. The number of rotatable bonds is 6. The fourth-order valence-electron chi connectivity index (χ4n) is 3.12. The van der Waals surface area contributed by atoms with E-state index in [1.807, 2.05) is 84.6 Å². The molecule has 0 aliphatic heterocycles. The van der Waals surface area contributed by atoms with Crippen molar-refractivity contribution in [1.82, 2.24) is 24.5 Å². The minimum absolute atomic E-state index is 0.643. The smallest absolute Gasteiger partial charge is 0.225 e. The third-order valence-corrected chi connectivity index (χ3v) is 4.95. The molecule has 0 aliphatic rings. The first-order valence-corrected chi connectivity index (χ1v) is 9.71. The average Bonchev–Trinajstić information content (AvgIpc) is 3.18. The first-order chi connectivity index (χ1) is 14.1. The molecule has 6 nitrogen and oxygen atoms in total. The Balaban J connectivity index is 1.69. The molecule has 0 bridgehead atoms. The molecule has 0 atom stereocenters. The van der Waals surface area contributed by atoms with Crippen LogP contribution < -0.4 is 4.90 Å². The van der Waals surface area contributed by atoms with Gasteiger partial charge in [-0.3, -0.25) is 4.98 Å². The van der Waals surface area contributed by atoms with E-state index in [0.717, 1.165) is 41.3 Å². The zero-order valence-corrected chi connectivity index (χ0v) is 17.1. The van der Waals surface area contributed by atoms with Crippen molar-refractivity contribution in [2.45, 2.75) is 6.42 Å². The maximum absolute atomic E-state index is 6.21. The number of pyridine rings is 1. The van der Waals surface area contributed by atoms with E-state index in [2.05, 4.69) is 15.0 Å². The summed E-state index contributed by atoms with van der Waals surface area (Å²) in [5.41, 5.74) is 3.66. The zero-order chi connectivity index (χ0) is 20.2. The summed E-state index contributed by atoms with van der Waals surface area (Å²) in [6.45, 7) is 0.757. The summed E-state index contributed by atoms with van der Waals surface area (Å²) in [6.07, 6.45) is 8.14. The summed E-state index contributed by atoms with van der Waals surface area (Å²) in [7, 11) is 3.94. The molecule has 0 N–H and O–H groups in total. The van der Waals surface area contributed by atoms with Crippen molar-refractivity contribution < 1.29 is 0 Å². The molecule has 7 heteroatoms. The van der Waals surface area contributed by atoms with Crippen molar-refractivity contribution in [2.24, 2.45) is 7.05 Å². The molecule has 0 saturated carbocycles. The summed E-state index contributed by atoms with van der Waals surface area (Å²) in [5, 5.41) is 0.671. The van der Waals surface area contributed by atoms with E-state index < -0.39 is 0 Å². The van der Waals surface area contributed by atoms with Crippen LogP contribution in [0.3, 0.4) is 0 Å². The molecule has 0 saturated heterocycles. The van der Waals surface area contributed by atoms with Crippen molar-refractivity contribution in [3.8, 4) is 22.6 Å². The van der Waals surface area contributed by atoms with Gasteiger partial charge in [0.25, 0.3) is 0 Å². The molecule has 0 spiro atoms. The molecule has 0 unspecified atom stereocenters. The molecule has 4 aromatic rings. The van der Waals surface area contributed by atoms with E-state index in [0.29, 0.717) is 11.0 Å². The van der Waals surface area contributed by atoms with Crippen LogP contribution >= 0.6 is 11.6 Å². The predicted octanol–water partition coefficient (Wildman–Crippen LogP) is 4.27. The molecule has 3 aromatic heterocycles. The number of anilines is 1. The van der Waals surface area contributed by atoms with Crippen LogP contribution in [0.2, 0.25) is 5.02 Å². The van der Waals surface area contributed by atoms with Crippen molar-refractivity contribution in [3.63, 3.8) is 0 Å². The molecular formula is C22H21ClN6. The lowest BCUT2D eigenvalue weighted by molar-refractivity contribution is 0.819. The number of aromatic nitrogens is 5. The number of benzene rings is 1. The lowest BCUT2D eigenvalue weighted by Crippen LogP contribution is -2.23. The second kappa shape index (κ2) is 8.41. The Morgan fingerprint density at radius 3 is 2.66 bits per heavy atom. The summed E-state index contributed by atoms with van der Waals surface area (Å²) >= 11 is 6.21. The summed E-state index contributed by atoms with van der Waals surface area (Å²) < 4.78 is 1.95. The second-order valence-corrected chi connectivity index (χ2v) is 7.23. The Hall–Kier alpha value is -3.25. The van der Waals surface area contributed by atoms with E-state index >= 15 is 0 Å². The fourth-order valence-corrected chi connectivity index (χ4v) is 3.31. The molecule has 1 aromatic carbocycles. The molecule has 0 radical (unpaired) electrons. The number of aryl methyl sites for hydroxylation is 1. The van der Waals surface area contributed by atoms with E-state index in [-0.39, 0.29) is 0 Å². The van der Waals surface area contributed by atoms with Gasteiger partial charge in [-0.25, -0.2) is 15.0 Å². The molecule has 29 heavy (non-hydrogen) atoms. The average molecular weight is 405 g/mol. The van der Waals surface area contributed by atoms with Gasteiger partial charge < -0.3 is 9.47 Å². The fraction of sp³-hybridized carbons (Fsp3) is 0.182. The Morgan fingerprint density at radius 1 is 1.03 bits per heavy atom. The SMILES string of the molecule is CN(CCc1ccccn1)c1ncc(-c2cccc(Cl)c2)c(-c2nccn2C)n1. The molecule has 3 heterocycles. The molecule has 146 valence electrons. The van der Waals surface area contributed by atoms with Crippen molar-refractivity contribution in [1.29, 1.82) is 0 Å². The maximum atomic E-state index is 6.21. The molecule has 0 fully saturated rings. The van der Waals surface area contributed by atoms with E-state index in [1.54, 1.807) is 6.20 Å². The largest absolute Gasteiger partial charge is 0.343 e. The minimum Gasteiger partial charge on any atom is -0.343 e. The van der Waals surface area contributed by atoms with Crippen molar-refractivity contribution >= 4 is 17.5 Å². The number of hydrogen-bond acceptors (Lipinski definition) is 5. The van der Waals surface area contributed by atoms with Crippen LogP contribution in [0.5, 0.6) is 0 Å². The Morgan fingerprint density at radius 2 is 1.93 bits per heavy atom. The highest BCUT2D eigenvalue weighted by Gasteiger charge is 2.17. The zero-order valence-electron chi connectivity index (χ0n) is 16.3. The Labute approximate surface area is 174 Å². The van der Waals surface area contributed by atoms with Gasteiger partial charge in [0.2, 0.25) is 5.95 Å². The number of nitrogens with zero attached hydrogens (tertiary/aromatic N) is 6. The molecule has 0 aliphatic carbocycles. The van der Waals surface area contributed by atoms with Gasteiger partial charge in [0.15, 0.2) is 5.82 Å². The third kappa shape index (κ3) is 4.27. The topological polar surface area (TPSA) is 59.7 Å². The van der Waals surface area contributed by atoms with E-state index in [1.165, 1.54) is 0 Å². The van der Waals surface area contributed by atoms with Crippen LogP contribution in [0.15, 0.2) is 67.3 Å². The third-order valence-electron chi connectivity index (χ3n) is 4.72. The summed E-state index contributed by atoms with van der Waals surface area (Å²) in [6, 6.07) is 13.6. The predicted molar refractivity (Wildman–Crippen MR) is 116 cm³/mol. The minimum atomic E-state index is 0.643. The van der Waals surface area contributed by atoms with Crippen LogP contribution in [0.4, 0.5) is 5.95 Å². The van der Waals surface area contributed by atoms with Gasteiger partial charge in [-0.05, 0) is 29.8 Å². The van der Waals surface area contributed by atoms with Gasteiger partial charge in [0.1, 0.15) is 5.69 Å². The Kier molecular flexibility index (Phi) is 5.53. The van der Waals surface area contributed by atoms with Gasteiger partial charge >= 0.3 is 0 Å². The highest BCUT2D eigenvalue weighted by atomic mass is 35.5. The second-order valence-electron chi connectivity index (χ2n) is 6.80. The monoisotopic (exact) mass is 404 g/mol. The summed E-state index contributed by atoms with van der Waals surface area (Å²) in [5.74, 6) is 1.42. The highest BCUT2D eigenvalue weighted by Crippen LogP contribution is 2.31. The maximum Gasteiger partial charge on any atom is 0.225 e. The van der Waals surface area contributed by atoms with Crippen LogP contribution in [0, 0.1) is 0 Å². The lowest BCUT2D eigenvalue weighted by Gasteiger charge is -2.19. The number of likely N-dealkylation sites (N-methyl/N-ethyl adjacent to an activating group) is 1. The van der Waals surface area contributed by atoms with Gasteiger partial charge in [-0.15, -0.1) is 0 Å². The van der Waals surface area contributed by atoms with Crippen LogP contribution in [-0.4, -0.2) is 38.1 Å². The molecular weight excluding hydrogens is 384 g/mol. The van der Waals surface area contributed by atoms with E-state index in [4.69, 9.17) is 16.6 Å². The lowest BCUT2D eigenvalue weighted by atomic mass is 10.1. The van der Waals surface area contributed by atoms with Crippen LogP contribution in [-0.2, 0) is 13.5 Å². The van der Waals surface area contributed by atoms with Crippen LogP contribution in [0.1, 0.15) is 5.69 Å². The van der Waals surface area contributed by atoms with Crippen molar-refractivity contribution in [2.75, 3.05) is 18.5 Å². The van der Waals surface area contributed by atoms with Gasteiger partial charge in [0, 0.05) is 68.1 Å². The quantitative estimate of drug-likeness (QED) is 0.480. The summed E-state index contributed by atoms with van der Waals surface area (Å²) in [4.78, 5) is 20.4. The van der Waals surface area contributed by atoms with Gasteiger partial charge in [-0.1, -0.05) is 29.8 Å². The van der Waals surface area contributed by atoms with Crippen LogP contribution in [0.25, 0.3) is 22.6 Å². The number of imidazole rings is 1. The normalized spacial score (nSPS) is 10.9. The first kappa shape index (κ1) is 19.1. The number of hydrogen-bond donors (Lipinski definition) is 0. The number of halogens is 1. The van der Waals surface area contributed by atoms with E-state index in [9.17, 15) is 0 Å². The molecule has 0 amide bonds. The van der Waals surface area contributed by atoms with Gasteiger partial charge in [0.05, 0.1) is 0 Å². The highest BCUT2D eigenvalue weighted by molar-refractivity contribution is 6.30. The first-order valence-electron chi connectivity index (χ1n) is 9.33. The van der Waals surface area contributed by atoms with Crippen molar-refractivity contribution in [3.05, 3.63) is 78.0 Å². The molecule has 4 rings (SSSR count).